The molecule has 20 heavy (non-hydrogen) atoms. The largest absolute Gasteiger partial charge is 0.338 e. The van der Waals surface area contributed by atoms with E-state index in [1.807, 2.05) is 0 Å². The maximum Gasteiger partial charge on any atom is 0.240 e. The third-order valence-corrected chi connectivity index (χ3v) is 4.78. The third kappa shape index (κ3) is 2.59. The maximum atomic E-state index is 12.8. The number of benzene rings is 1. The van der Waals surface area contributed by atoms with Crippen LogP contribution in [0, 0.1) is 5.92 Å². The molecule has 3 rings (SSSR count). The fourth-order valence-electron chi connectivity index (χ4n) is 3.42. The monoisotopic (exact) mass is 272 g/mol. The molecule has 0 aliphatic carbocycles. The van der Waals surface area contributed by atoms with Gasteiger partial charge in [0.15, 0.2) is 0 Å². The van der Waals surface area contributed by atoms with Crippen molar-refractivity contribution >= 4 is 5.91 Å². The van der Waals surface area contributed by atoms with Gasteiger partial charge in [-0.1, -0.05) is 31.2 Å². The first-order valence-electron chi connectivity index (χ1n) is 7.76. The molecule has 108 valence electrons. The normalized spacial score (nSPS) is 29.9. The van der Waals surface area contributed by atoms with E-state index in [9.17, 15) is 4.79 Å². The summed E-state index contributed by atoms with van der Waals surface area (Å²) in [6.07, 6.45) is 3.20. The molecule has 1 aromatic rings. The number of nitrogens with one attached hydrogen (secondary N) is 1. The molecule has 1 N–H and O–H groups in total. The summed E-state index contributed by atoms with van der Waals surface area (Å²) in [5.41, 5.74) is 2.65. The topological polar surface area (TPSA) is 32.3 Å². The van der Waals surface area contributed by atoms with Crippen molar-refractivity contribution in [3.63, 3.8) is 0 Å². The predicted octanol–water partition coefficient (Wildman–Crippen LogP) is 2.35. The van der Waals surface area contributed by atoms with Crippen molar-refractivity contribution in [2.45, 2.75) is 51.7 Å². The number of carbonyl (C=O) groups excluding carboxylic acids is 1. The van der Waals surface area contributed by atoms with Gasteiger partial charge in [0.2, 0.25) is 5.91 Å². The van der Waals surface area contributed by atoms with Crippen LogP contribution in [0.1, 0.15) is 37.8 Å². The van der Waals surface area contributed by atoms with Crippen LogP contribution in [0.25, 0.3) is 0 Å². The summed E-state index contributed by atoms with van der Waals surface area (Å²) < 4.78 is 0. The Kier molecular flexibility index (Phi) is 3.79. The molecular formula is C17H24N2O. The Hall–Kier alpha value is -1.35. The number of fused-ring (bicyclic) bond motifs is 1. The van der Waals surface area contributed by atoms with Crippen molar-refractivity contribution in [3.8, 4) is 0 Å². The first-order chi connectivity index (χ1) is 9.65. The number of likely N-dealkylation sites (tertiary alicyclic amines) is 1. The molecule has 0 radical (unpaired) electrons. The van der Waals surface area contributed by atoms with E-state index in [1.54, 1.807) is 0 Å². The van der Waals surface area contributed by atoms with E-state index < -0.39 is 0 Å². The molecule has 3 heteroatoms. The van der Waals surface area contributed by atoms with Crippen molar-refractivity contribution in [1.82, 2.24) is 10.2 Å². The lowest BCUT2D eigenvalue weighted by Crippen LogP contribution is -2.54. The minimum atomic E-state index is -0.0438. The smallest absolute Gasteiger partial charge is 0.240 e. The molecule has 3 atom stereocenters. The van der Waals surface area contributed by atoms with Gasteiger partial charge < -0.3 is 10.2 Å². The number of amides is 1. The van der Waals surface area contributed by atoms with Gasteiger partial charge in [0.05, 0.1) is 6.04 Å². The van der Waals surface area contributed by atoms with Crippen LogP contribution in [0.2, 0.25) is 0 Å². The second kappa shape index (κ2) is 5.57. The summed E-state index contributed by atoms with van der Waals surface area (Å²) in [6.45, 7) is 6.15. The molecule has 0 saturated carbocycles. The molecule has 2 aliphatic rings. The van der Waals surface area contributed by atoms with Gasteiger partial charge in [0.25, 0.3) is 0 Å². The lowest BCUT2D eigenvalue weighted by molar-refractivity contribution is -0.138. The quantitative estimate of drug-likeness (QED) is 0.851. The van der Waals surface area contributed by atoms with E-state index >= 15 is 0 Å². The van der Waals surface area contributed by atoms with Crippen LogP contribution in [-0.4, -0.2) is 29.4 Å². The third-order valence-electron chi connectivity index (χ3n) is 4.78. The Labute approximate surface area is 121 Å². The number of carbonyl (C=O) groups is 1. The van der Waals surface area contributed by atoms with E-state index in [-0.39, 0.29) is 6.04 Å². The summed E-state index contributed by atoms with van der Waals surface area (Å²) in [4.78, 5) is 14.9. The van der Waals surface area contributed by atoms with Crippen molar-refractivity contribution in [2.24, 2.45) is 5.92 Å². The minimum absolute atomic E-state index is 0.0438. The Balaban J connectivity index is 1.72. The molecule has 2 aliphatic heterocycles. The van der Waals surface area contributed by atoms with E-state index in [0.717, 1.165) is 25.9 Å². The van der Waals surface area contributed by atoms with Crippen LogP contribution < -0.4 is 5.32 Å². The molecule has 1 aromatic carbocycles. The van der Waals surface area contributed by atoms with E-state index in [1.165, 1.54) is 17.5 Å². The molecule has 2 heterocycles. The minimum Gasteiger partial charge on any atom is -0.338 e. The highest BCUT2D eigenvalue weighted by Gasteiger charge is 2.33. The standard InChI is InChI=1S/C17H24N2O/c1-12-7-8-13(2)19(11-12)17(20)16-9-14-5-3-4-6-15(14)10-18-16/h3-6,12-13,16,18H,7-11H2,1-2H3/t12?,13?,16-/m1/s1. The van der Waals surface area contributed by atoms with Crippen LogP contribution in [-0.2, 0) is 17.8 Å². The zero-order chi connectivity index (χ0) is 14.1. The molecule has 3 nitrogen and oxygen atoms in total. The second-order valence-electron chi connectivity index (χ2n) is 6.43. The van der Waals surface area contributed by atoms with Crippen LogP contribution in [0.5, 0.6) is 0 Å². The van der Waals surface area contributed by atoms with Crippen LogP contribution in [0.3, 0.4) is 0 Å². The highest BCUT2D eigenvalue weighted by molar-refractivity contribution is 5.83. The summed E-state index contributed by atoms with van der Waals surface area (Å²) in [5.74, 6) is 0.921. The lowest BCUT2D eigenvalue weighted by Gasteiger charge is -2.39. The Morgan fingerprint density at radius 2 is 1.95 bits per heavy atom. The Morgan fingerprint density at radius 3 is 2.75 bits per heavy atom. The van der Waals surface area contributed by atoms with Crippen molar-refractivity contribution in [3.05, 3.63) is 35.4 Å². The van der Waals surface area contributed by atoms with Crippen LogP contribution in [0.4, 0.5) is 0 Å². The molecule has 1 fully saturated rings. The van der Waals surface area contributed by atoms with Crippen molar-refractivity contribution in [1.29, 1.82) is 0 Å². The summed E-state index contributed by atoms with van der Waals surface area (Å²) in [7, 11) is 0. The van der Waals surface area contributed by atoms with Gasteiger partial charge in [0.1, 0.15) is 0 Å². The Morgan fingerprint density at radius 1 is 1.20 bits per heavy atom. The van der Waals surface area contributed by atoms with Gasteiger partial charge in [-0.3, -0.25) is 4.79 Å². The van der Waals surface area contributed by atoms with E-state index in [4.69, 9.17) is 0 Å². The summed E-state index contributed by atoms with van der Waals surface area (Å²) >= 11 is 0. The van der Waals surface area contributed by atoms with Gasteiger partial charge in [-0.2, -0.15) is 0 Å². The van der Waals surface area contributed by atoms with Gasteiger partial charge in [-0.15, -0.1) is 0 Å². The Bertz CT molecular complexity index is 500. The molecule has 2 unspecified atom stereocenters. The molecule has 1 saturated heterocycles. The molecule has 1 amide bonds. The van der Waals surface area contributed by atoms with Crippen LogP contribution in [0.15, 0.2) is 24.3 Å². The van der Waals surface area contributed by atoms with Crippen molar-refractivity contribution in [2.75, 3.05) is 6.54 Å². The molecule has 0 spiro atoms. The molecule has 0 aromatic heterocycles. The SMILES string of the molecule is CC1CCC(C)N(C(=O)[C@H]2Cc3ccccc3CN2)C1. The fraction of sp³-hybridized carbons (Fsp3) is 0.588. The van der Waals surface area contributed by atoms with Crippen molar-refractivity contribution < 1.29 is 4.79 Å². The first-order valence-corrected chi connectivity index (χ1v) is 7.76. The molecular weight excluding hydrogens is 248 g/mol. The maximum absolute atomic E-state index is 12.8. The van der Waals surface area contributed by atoms with E-state index in [2.05, 4.69) is 48.3 Å². The summed E-state index contributed by atoms with van der Waals surface area (Å²) in [6, 6.07) is 8.78. The molecule has 0 bridgehead atoms. The number of piperidine rings is 1. The van der Waals surface area contributed by atoms with Gasteiger partial charge in [-0.05, 0) is 43.2 Å². The highest BCUT2D eigenvalue weighted by Crippen LogP contribution is 2.24. The van der Waals surface area contributed by atoms with Gasteiger partial charge in [-0.25, -0.2) is 0 Å². The van der Waals surface area contributed by atoms with E-state index in [0.29, 0.717) is 17.9 Å². The van der Waals surface area contributed by atoms with Crippen LogP contribution >= 0.6 is 0 Å². The number of nitrogens with zero attached hydrogens (tertiary/aromatic N) is 1. The predicted molar refractivity (Wildman–Crippen MR) is 80.3 cm³/mol. The number of rotatable bonds is 1. The van der Waals surface area contributed by atoms with Gasteiger partial charge >= 0.3 is 0 Å². The van der Waals surface area contributed by atoms with Gasteiger partial charge in [0, 0.05) is 19.1 Å². The zero-order valence-corrected chi connectivity index (χ0v) is 12.4. The first kappa shape index (κ1) is 13.6. The zero-order valence-electron chi connectivity index (χ0n) is 12.4. The second-order valence-corrected chi connectivity index (χ2v) is 6.43. The average molecular weight is 272 g/mol. The lowest BCUT2D eigenvalue weighted by atomic mass is 9.91. The number of hydrogen-bond acceptors (Lipinski definition) is 2. The fourth-order valence-corrected chi connectivity index (χ4v) is 3.42. The highest BCUT2D eigenvalue weighted by atomic mass is 16.2. The summed E-state index contributed by atoms with van der Waals surface area (Å²) in [5, 5.41) is 3.42. The number of hydrogen-bond donors (Lipinski definition) is 1. The average Bonchev–Trinajstić information content (AvgIpc) is 2.48.